The topological polar surface area (TPSA) is 66.8 Å². The predicted molar refractivity (Wildman–Crippen MR) is 79.5 cm³/mol. The van der Waals surface area contributed by atoms with E-state index in [1.165, 1.54) is 19.3 Å². The van der Waals surface area contributed by atoms with Crippen molar-refractivity contribution >= 4 is 7.60 Å². The summed E-state index contributed by atoms with van der Waals surface area (Å²) in [5.41, 5.74) is -2.20. The van der Waals surface area contributed by atoms with Crippen LogP contribution in [0.3, 0.4) is 0 Å². The Kier molecular flexibility index (Phi) is 7.82. The van der Waals surface area contributed by atoms with Crippen LogP contribution in [-0.4, -0.2) is 27.4 Å². The van der Waals surface area contributed by atoms with Crippen LogP contribution in [0.2, 0.25) is 0 Å². The molecule has 0 radical (unpaired) electrons. The lowest BCUT2D eigenvalue weighted by Gasteiger charge is -2.38. The highest BCUT2D eigenvalue weighted by Crippen LogP contribution is 2.49. The van der Waals surface area contributed by atoms with Gasteiger partial charge in [-0.25, -0.2) is 0 Å². The summed E-state index contributed by atoms with van der Waals surface area (Å²) < 4.78 is 17.3. The van der Waals surface area contributed by atoms with Gasteiger partial charge in [0.2, 0.25) is 0 Å². The summed E-state index contributed by atoms with van der Waals surface area (Å²) in [4.78, 5) is 9.84. The Balaban J connectivity index is 4.09. The van der Waals surface area contributed by atoms with Crippen LogP contribution in [0.1, 0.15) is 73.1 Å². The van der Waals surface area contributed by atoms with Crippen molar-refractivity contribution in [2.75, 3.05) is 6.16 Å². The molecule has 0 heterocycles. The Bertz CT molecular complexity index is 294. The Morgan fingerprint density at radius 2 is 1.47 bits per heavy atom. The van der Waals surface area contributed by atoms with Gasteiger partial charge in [0.25, 0.3) is 0 Å². The van der Waals surface area contributed by atoms with E-state index in [2.05, 4.69) is 6.92 Å². The minimum Gasteiger partial charge on any atom is -0.387 e. The second-order valence-corrected chi connectivity index (χ2v) is 8.19. The fourth-order valence-electron chi connectivity index (χ4n) is 1.61. The number of unbranched alkanes of at least 4 members (excludes halogenated alkanes) is 5. The molecule has 0 aliphatic heterocycles. The molecule has 0 fully saturated rings. The summed E-state index contributed by atoms with van der Waals surface area (Å²) in [6.45, 7) is 8.60. The van der Waals surface area contributed by atoms with Crippen molar-refractivity contribution in [3.05, 3.63) is 0 Å². The largest absolute Gasteiger partial charge is 0.387 e. The first kappa shape index (κ1) is 19.1. The minimum atomic E-state index is -3.63. The van der Waals surface area contributed by atoms with Crippen molar-refractivity contribution in [1.29, 1.82) is 0 Å². The minimum absolute atomic E-state index is 0.165. The fraction of sp³-hybridized carbons (Fsp3) is 1.00. The van der Waals surface area contributed by atoms with Gasteiger partial charge in [-0.3, -0.25) is 9.09 Å². The zero-order valence-corrected chi connectivity index (χ0v) is 14.0. The zero-order chi connectivity index (χ0) is 15.2. The molecule has 0 saturated carbocycles. The molecular formula is C14H31O4P. The van der Waals surface area contributed by atoms with Crippen molar-refractivity contribution in [1.82, 2.24) is 0 Å². The van der Waals surface area contributed by atoms with Gasteiger partial charge in [0.1, 0.15) is 5.60 Å². The molecule has 2 N–H and O–H groups in total. The van der Waals surface area contributed by atoms with Crippen LogP contribution in [0.5, 0.6) is 0 Å². The SMILES string of the molecule is CCCCCCCCP(=O)(O)OC(C)(C)C(C)(C)O. The normalized spacial score (nSPS) is 16.4. The lowest BCUT2D eigenvalue weighted by Crippen LogP contribution is -2.46. The first-order valence-electron chi connectivity index (χ1n) is 7.27. The average Bonchev–Trinajstić information content (AvgIpc) is 2.20. The summed E-state index contributed by atoms with van der Waals surface area (Å²) in [6, 6.07) is 0. The van der Waals surface area contributed by atoms with Gasteiger partial charge in [-0.05, 0) is 34.1 Å². The Morgan fingerprint density at radius 1 is 1.00 bits per heavy atom. The summed E-state index contributed by atoms with van der Waals surface area (Å²) >= 11 is 0. The maximum absolute atomic E-state index is 12.0. The summed E-state index contributed by atoms with van der Waals surface area (Å²) in [6.07, 6.45) is 6.51. The molecule has 0 rings (SSSR count). The van der Waals surface area contributed by atoms with E-state index >= 15 is 0 Å². The van der Waals surface area contributed by atoms with Crippen molar-refractivity contribution < 1.29 is 19.1 Å². The van der Waals surface area contributed by atoms with Crippen molar-refractivity contribution in [2.45, 2.75) is 84.3 Å². The molecule has 116 valence electrons. The molecule has 4 nitrogen and oxygen atoms in total. The number of hydrogen-bond donors (Lipinski definition) is 2. The van der Waals surface area contributed by atoms with Gasteiger partial charge in [0.15, 0.2) is 0 Å². The lowest BCUT2D eigenvalue weighted by atomic mass is 9.90. The maximum atomic E-state index is 12.0. The predicted octanol–water partition coefficient (Wildman–Crippen LogP) is 4.10. The van der Waals surface area contributed by atoms with E-state index in [4.69, 9.17) is 4.52 Å². The molecule has 0 aromatic carbocycles. The summed E-state index contributed by atoms with van der Waals surface area (Å²) in [7, 11) is -3.63. The maximum Gasteiger partial charge on any atom is 0.328 e. The molecule has 0 aliphatic carbocycles. The van der Waals surface area contributed by atoms with Crippen LogP contribution in [-0.2, 0) is 9.09 Å². The molecule has 0 saturated heterocycles. The standard InChI is InChI=1S/C14H31O4P/c1-6-7-8-9-10-11-12-19(16,17)18-14(4,5)13(2,3)15/h15H,6-12H2,1-5H3,(H,16,17). The van der Waals surface area contributed by atoms with Crippen molar-refractivity contribution in [3.8, 4) is 0 Å². The van der Waals surface area contributed by atoms with Crippen LogP contribution in [0.4, 0.5) is 0 Å². The third-order valence-corrected chi connectivity index (χ3v) is 5.26. The molecule has 0 aromatic rings. The van der Waals surface area contributed by atoms with E-state index in [1.807, 2.05) is 0 Å². The molecule has 0 bridgehead atoms. The number of hydrogen-bond acceptors (Lipinski definition) is 3. The zero-order valence-electron chi connectivity index (χ0n) is 13.1. The van der Waals surface area contributed by atoms with Gasteiger partial charge in [-0.1, -0.05) is 39.0 Å². The van der Waals surface area contributed by atoms with E-state index in [1.54, 1.807) is 27.7 Å². The highest BCUT2D eigenvalue weighted by Gasteiger charge is 2.41. The van der Waals surface area contributed by atoms with Crippen LogP contribution in [0.25, 0.3) is 0 Å². The fourth-order valence-corrected chi connectivity index (χ4v) is 3.26. The smallest absolute Gasteiger partial charge is 0.328 e. The lowest BCUT2D eigenvalue weighted by molar-refractivity contribution is -0.0946. The van der Waals surface area contributed by atoms with Gasteiger partial charge in [-0.15, -0.1) is 0 Å². The second kappa shape index (κ2) is 7.78. The highest BCUT2D eigenvalue weighted by molar-refractivity contribution is 7.52. The first-order chi connectivity index (χ1) is 8.52. The summed E-state index contributed by atoms with van der Waals surface area (Å²) in [5, 5.41) is 9.92. The van der Waals surface area contributed by atoms with Crippen LogP contribution in [0, 0.1) is 0 Å². The monoisotopic (exact) mass is 294 g/mol. The van der Waals surface area contributed by atoms with E-state index in [0.29, 0.717) is 6.42 Å². The van der Waals surface area contributed by atoms with Gasteiger partial charge in [0.05, 0.1) is 11.8 Å². The van der Waals surface area contributed by atoms with E-state index in [9.17, 15) is 14.6 Å². The van der Waals surface area contributed by atoms with Crippen LogP contribution < -0.4 is 0 Å². The number of aliphatic hydroxyl groups is 1. The first-order valence-corrected chi connectivity index (χ1v) is 9.03. The van der Waals surface area contributed by atoms with E-state index in [0.717, 1.165) is 12.8 Å². The van der Waals surface area contributed by atoms with E-state index < -0.39 is 18.8 Å². The Labute approximate surface area is 118 Å². The van der Waals surface area contributed by atoms with Gasteiger partial charge in [0, 0.05) is 0 Å². The van der Waals surface area contributed by atoms with Crippen LogP contribution in [0.15, 0.2) is 0 Å². The molecule has 1 atom stereocenters. The van der Waals surface area contributed by atoms with Gasteiger partial charge in [-0.2, -0.15) is 0 Å². The molecule has 0 spiro atoms. The van der Waals surface area contributed by atoms with Crippen molar-refractivity contribution in [2.24, 2.45) is 0 Å². The van der Waals surface area contributed by atoms with Gasteiger partial charge < -0.3 is 10.00 Å². The highest BCUT2D eigenvalue weighted by atomic mass is 31.2. The Morgan fingerprint density at radius 3 is 1.95 bits per heavy atom. The van der Waals surface area contributed by atoms with Gasteiger partial charge >= 0.3 is 7.60 Å². The third kappa shape index (κ3) is 8.09. The Hall–Kier alpha value is 0.110. The van der Waals surface area contributed by atoms with Crippen LogP contribution >= 0.6 is 7.60 Å². The third-order valence-electron chi connectivity index (χ3n) is 3.64. The molecule has 19 heavy (non-hydrogen) atoms. The molecule has 0 amide bonds. The molecule has 5 heteroatoms. The summed E-state index contributed by atoms with van der Waals surface area (Å²) in [5.74, 6) is 0. The molecular weight excluding hydrogens is 263 g/mol. The molecule has 0 aromatic heterocycles. The average molecular weight is 294 g/mol. The second-order valence-electron chi connectivity index (χ2n) is 6.29. The quantitative estimate of drug-likeness (QED) is 0.470. The molecule has 0 aliphatic rings. The van der Waals surface area contributed by atoms with E-state index in [-0.39, 0.29) is 6.16 Å². The molecule has 1 unspecified atom stereocenters. The number of rotatable bonds is 10. The van der Waals surface area contributed by atoms with Crippen molar-refractivity contribution in [3.63, 3.8) is 0 Å².